The molecule has 2 aliphatic rings. The van der Waals surface area contributed by atoms with E-state index in [0.717, 1.165) is 25.7 Å². The summed E-state index contributed by atoms with van der Waals surface area (Å²) >= 11 is 0. The fraction of sp³-hybridized carbons (Fsp3) is 1.00. The van der Waals surface area contributed by atoms with Gasteiger partial charge in [-0.15, -0.1) is 0 Å². The maximum absolute atomic E-state index is 11.7. The molecule has 4 unspecified atom stereocenters. The van der Waals surface area contributed by atoms with E-state index < -0.39 is 9.84 Å². The molecule has 100 valence electrons. The van der Waals surface area contributed by atoms with E-state index in [9.17, 15) is 8.42 Å². The predicted molar refractivity (Wildman–Crippen MR) is 70.5 cm³/mol. The summed E-state index contributed by atoms with van der Waals surface area (Å²) in [5, 5.41) is -0.102. The highest BCUT2D eigenvalue weighted by Crippen LogP contribution is 2.39. The van der Waals surface area contributed by atoms with E-state index in [1.165, 1.54) is 31.9 Å². The molecule has 2 saturated carbocycles. The van der Waals surface area contributed by atoms with Gasteiger partial charge in [0.25, 0.3) is 0 Å². The third-order valence-electron chi connectivity index (χ3n) is 4.75. The standard InChI is InChI=1S/C13H25NO2S/c1-17(15,16)11-6-4-5-10(9-11)12-7-2-3-8-13(12)14/h10-13H,2-9,14H2,1H3. The summed E-state index contributed by atoms with van der Waals surface area (Å²) < 4.78 is 23.3. The highest BCUT2D eigenvalue weighted by atomic mass is 32.2. The van der Waals surface area contributed by atoms with Crippen LogP contribution >= 0.6 is 0 Å². The molecule has 0 aliphatic heterocycles. The summed E-state index contributed by atoms with van der Waals surface area (Å²) in [6.07, 6.45) is 10.2. The van der Waals surface area contributed by atoms with Crippen LogP contribution < -0.4 is 5.73 Å². The van der Waals surface area contributed by atoms with Crippen molar-refractivity contribution in [3.63, 3.8) is 0 Å². The van der Waals surface area contributed by atoms with Crippen molar-refractivity contribution in [3.8, 4) is 0 Å². The summed E-state index contributed by atoms with van der Waals surface area (Å²) in [7, 11) is -2.86. The molecule has 0 bridgehead atoms. The van der Waals surface area contributed by atoms with E-state index in [1.54, 1.807) is 0 Å². The maximum atomic E-state index is 11.7. The van der Waals surface area contributed by atoms with Gasteiger partial charge in [-0.05, 0) is 37.5 Å². The number of nitrogens with two attached hydrogens (primary N) is 1. The van der Waals surface area contributed by atoms with Crippen LogP contribution in [0.5, 0.6) is 0 Å². The molecule has 17 heavy (non-hydrogen) atoms. The minimum atomic E-state index is -2.86. The molecule has 0 aromatic rings. The fourth-order valence-corrected chi connectivity index (χ4v) is 4.92. The lowest BCUT2D eigenvalue weighted by Crippen LogP contribution is -2.41. The van der Waals surface area contributed by atoms with Crippen LogP contribution in [0.3, 0.4) is 0 Å². The minimum absolute atomic E-state index is 0.102. The van der Waals surface area contributed by atoms with Crippen LogP contribution in [0.15, 0.2) is 0 Å². The Kier molecular flexibility index (Phi) is 4.14. The first-order valence-corrected chi connectivity index (χ1v) is 8.88. The summed E-state index contributed by atoms with van der Waals surface area (Å²) in [4.78, 5) is 0. The lowest BCUT2D eigenvalue weighted by Gasteiger charge is -2.39. The normalized spacial score (nSPS) is 40.1. The molecule has 0 amide bonds. The molecule has 4 heteroatoms. The summed E-state index contributed by atoms with van der Waals surface area (Å²) in [6, 6.07) is 0.312. The second-order valence-electron chi connectivity index (χ2n) is 5.99. The predicted octanol–water partition coefficient (Wildman–Crippen LogP) is 2.11. The molecular formula is C13H25NO2S. The van der Waals surface area contributed by atoms with Crippen LogP contribution in [-0.4, -0.2) is 26.0 Å². The van der Waals surface area contributed by atoms with Crippen molar-refractivity contribution in [2.75, 3.05) is 6.26 Å². The molecular weight excluding hydrogens is 234 g/mol. The first-order chi connectivity index (χ1) is 7.98. The van der Waals surface area contributed by atoms with Crippen LogP contribution in [0.2, 0.25) is 0 Å². The van der Waals surface area contributed by atoms with Crippen molar-refractivity contribution in [2.24, 2.45) is 17.6 Å². The van der Waals surface area contributed by atoms with Gasteiger partial charge < -0.3 is 5.73 Å². The van der Waals surface area contributed by atoms with Crippen molar-refractivity contribution in [1.82, 2.24) is 0 Å². The van der Waals surface area contributed by atoms with Crippen LogP contribution in [0.1, 0.15) is 51.4 Å². The molecule has 2 rings (SSSR count). The molecule has 0 radical (unpaired) electrons. The number of hydrogen-bond acceptors (Lipinski definition) is 3. The van der Waals surface area contributed by atoms with Crippen LogP contribution in [0.4, 0.5) is 0 Å². The van der Waals surface area contributed by atoms with Crippen molar-refractivity contribution < 1.29 is 8.42 Å². The van der Waals surface area contributed by atoms with E-state index in [0.29, 0.717) is 17.9 Å². The number of hydrogen-bond donors (Lipinski definition) is 1. The second-order valence-corrected chi connectivity index (χ2v) is 8.32. The van der Waals surface area contributed by atoms with Gasteiger partial charge in [0.05, 0.1) is 5.25 Å². The van der Waals surface area contributed by atoms with E-state index in [1.807, 2.05) is 0 Å². The Morgan fingerprint density at radius 2 is 1.71 bits per heavy atom. The van der Waals surface area contributed by atoms with Crippen LogP contribution in [-0.2, 0) is 9.84 Å². The Morgan fingerprint density at radius 1 is 1.00 bits per heavy atom. The van der Waals surface area contributed by atoms with Gasteiger partial charge in [-0.1, -0.05) is 25.7 Å². The summed E-state index contributed by atoms with van der Waals surface area (Å²) in [6.45, 7) is 0. The monoisotopic (exact) mass is 259 g/mol. The molecule has 0 heterocycles. The molecule has 0 spiro atoms. The van der Waals surface area contributed by atoms with Crippen molar-refractivity contribution in [1.29, 1.82) is 0 Å². The molecule has 2 aliphatic carbocycles. The number of rotatable bonds is 2. The Bertz CT molecular complexity index is 352. The Balaban J connectivity index is 2.01. The van der Waals surface area contributed by atoms with E-state index in [2.05, 4.69) is 0 Å². The first-order valence-electron chi connectivity index (χ1n) is 6.93. The fourth-order valence-electron chi connectivity index (χ4n) is 3.73. The maximum Gasteiger partial charge on any atom is 0.150 e. The van der Waals surface area contributed by atoms with E-state index in [-0.39, 0.29) is 5.25 Å². The Morgan fingerprint density at radius 3 is 2.35 bits per heavy atom. The van der Waals surface area contributed by atoms with Gasteiger partial charge in [0.1, 0.15) is 9.84 Å². The molecule has 0 saturated heterocycles. The Hall–Kier alpha value is -0.0900. The molecule has 3 nitrogen and oxygen atoms in total. The average molecular weight is 259 g/mol. The lowest BCUT2D eigenvalue weighted by molar-refractivity contribution is 0.173. The Labute approximate surface area is 105 Å². The average Bonchev–Trinajstić information content (AvgIpc) is 2.29. The third-order valence-corrected chi connectivity index (χ3v) is 6.39. The molecule has 0 aromatic carbocycles. The topological polar surface area (TPSA) is 60.2 Å². The van der Waals surface area contributed by atoms with Gasteiger partial charge in [-0.25, -0.2) is 8.42 Å². The molecule has 0 aromatic heterocycles. The highest BCUT2D eigenvalue weighted by Gasteiger charge is 2.36. The zero-order valence-electron chi connectivity index (χ0n) is 10.8. The zero-order chi connectivity index (χ0) is 12.5. The quantitative estimate of drug-likeness (QED) is 0.826. The van der Waals surface area contributed by atoms with Crippen molar-refractivity contribution >= 4 is 9.84 Å². The van der Waals surface area contributed by atoms with Crippen LogP contribution in [0, 0.1) is 11.8 Å². The van der Waals surface area contributed by atoms with E-state index in [4.69, 9.17) is 5.73 Å². The second kappa shape index (κ2) is 5.27. The van der Waals surface area contributed by atoms with Gasteiger partial charge in [-0.3, -0.25) is 0 Å². The number of sulfone groups is 1. The van der Waals surface area contributed by atoms with Crippen molar-refractivity contribution in [2.45, 2.75) is 62.7 Å². The molecule has 4 atom stereocenters. The van der Waals surface area contributed by atoms with Crippen molar-refractivity contribution in [3.05, 3.63) is 0 Å². The largest absolute Gasteiger partial charge is 0.327 e. The third kappa shape index (κ3) is 3.22. The minimum Gasteiger partial charge on any atom is -0.327 e. The van der Waals surface area contributed by atoms with Crippen LogP contribution in [0.25, 0.3) is 0 Å². The molecule has 2 fully saturated rings. The first kappa shape index (κ1) is 13.3. The highest BCUT2D eigenvalue weighted by molar-refractivity contribution is 7.91. The molecule has 2 N–H and O–H groups in total. The zero-order valence-corrected chi connectivity index (χ0v) is 11.6. The smallest absolute Gasteiger partial charge is 0.150 e. The van der Waals surface area contributed by atoms with Gasteiger partial charge in [0, 0.05) is 12.3 Å². The van der Waals surface area contributed by atoms with E-state index >= 15 is 0 Å². The van der Waals surface area contributed by atoms with Gasteiger partial charge >= 0.3 is 0 Å². The van der Waals surface area contributed by atoms with Gasteiger partial charge in [-0.2, -0.15) is 0 Å². The lowest BCUT2D eigenvalue weighted by atomic mass is 9.71. The van der Waals surface area contributed by atoms with Gasteiger partial charge in [0.2, 0.25) is 0 Å². The summed E-state index contributed by atoms with van der Waals surface area (Å²) in [5.74, 6) is 1.13. The van der Waals surface area contributed by atoms with Gasteiger partial charge in [0.15, 0.2) is 0 Å². The summed E-state index contributed by atoms with van der Waals surface area (Å²) in [5.41, 5.74) is 6.21. The SMILES string of the molecule is CS(=O)(=O)C1CCCC(C2CCCCC2N)C1.